The summed E-state index contributed by atoms with van der Waals surface area (Å²) in [6.45, 7) is 1.96. The maximum Gasteiger partial charge on any atom is 0.255 e. The second-order valence-corrected chi connectivity index (χ2v) is 5.42. The summed E-state index contributed by atoms with van der Waals surface area (Å²) in [6, 6.07) is 2.09. The summed E-state index contributed by atoms with van der Waals surface area (Å²) in [5.41, 5.74) is 0.551. The van der Waals surface area contributed by atoms with Crippen molar-refractivity contribution >= 4 is 17.7 Å². The normalized spacial score (nSPS) is 10.7. The molecule has 0 bridgehead atoms. The maximum atomic E-state index is 14.0. The van der Waals surface area contributed by atoms with E-state index in [9.17, 15) is 13.6 Å². The van der Waals surface area contributed by atoms with Crippen LogP contribution in [0.3, 0.4) is 0 Å². The van der Waals surface area contributed by atoms with E-state index in [0.29, 0.717) is 6.54 Å². The van der Waals surface area contributed by atoms with E-state index in [0.717, 1.165) is 17.9 Å². The molecule has 1 amide bonds. The Kier molecular flexibility index (Phi) is 4.95. The first-order chi connectivity index (χ1) is 10.1. The van der Waals surface area contributed by atoms with Crippen molar-refractivity contribution in [3.63, 3.8) is 0 Å². The van der Waals surface area contributed by atoms with E-state index in [1.165, 1.54) is 13.1 Å². The van der Waals surface area contributed by atoms with Crippen molar-refractivity contribution in [3.05, 3.63) is 41.1 Å². The summed E-state index contributed by atoms with van der Waals surface area (Å²) < 4.78 is 27.6. The Balaban J connectivity index is 2.37. The summed E-state index contributed by atoms with van der Waals surface area (Å²) >= 11 is 1.60. The van der Waals surface area contributed by atoms with Crippen LogP contribution in [0.2, 0.25) is 0 Å². The Hall–Kier alpha value is -1.89. The van der Waals surface area contributed by atoms with Gasteiger partial charge in [-0.2, -0.15) is 16.9 Å². The summed E-state index contributed by atoms with van der Waals surface area (Å²) in [5.74, 6) is -0.728. The van der Waals surface area contributed by atoms with Crippen LogP contribution in [0.1, 0.15) is 15.9 Å². The van der Waals surface area contributed by atoms with Gasteiger partial charge in [-0.3, -0.25) is 9.89 Å². The zero-order valence-electron chi connectivity index (χ0n) is 11.7. The predicted octanol–water partition coefficient (Wildman–Crippen LogP) is 2.76. The predicted molar refractivity (Wildman–Crippen MR) is 79.4 cm³/mol. The molecule has 0 unspecified atom stereocenters. The number of aromatic amines is 1. The lowest BCUT2D eigenvalue weighted by Gasteiger charge is -2.09. The van der Waals surface area contributed by atoms with E-state index in [4.69, 9.17) is 0 Å². The third kappa shape index (κ3) is 3.24. The van der Waals surface area contributed by atoms with Crippen molar-refractivity contribution in [2.45, 2.75) is 6.92 Å². The van der Waals surface area contributed by atoms with Crippen LogP contribution in [0.15, 0.2) is 18.3 Å². The van der Waals surface area contributed by atoms with Crippen molar-refractivity contribution in [2.24, 2.45) is 0 Å². The first-order valence-electron chi connectivity index (χ1n) is 6.31. The van der Waals surface area contributed by atoms with Crippen molar-refractivity contribution in [1.82, 2.24) is 15.5 Å². The molecular formula is C14H15F2N3OS. The number of nitrogens with one attached hydrogen (secondary N) is 2. The number of nitrogens with zero attached hydrogens (tertiary/aromatic N) is 1. The molecule has 1 heterocycles. The lowest BCUT2D eigenvalue weighted by molar-refractivity contribution is 0.0957. The topological polar surface area (TPSA) is 57.8 Å². The Labute approximate surface area is 125 Å². The van der Waals surface area contributed by atoms with Crippen molar-refractivity contribution in [3.8, 4) is 11.3 Å². The second kappa shape index (κ2) is 6.71. The van der Waals surface area contributed by atoms with Crippen LogP contribution >= 0.6 is 11.8 Å². The van der Waals surface area contributed by atoms with Gasteiger partial charge in [0.1, 0.15) is 11.6 Å². The number of H-pyrrole nitrogens is 1. The molecule has 2 rings (SSSR count). The van der Waals surface area contributed by atoms with Crippen molar-refractivity contribution in [2.75, 3.05) is 18.6 Å². The van der Waals surface area contributed by atoms with E-state index in [-0.39, 0.29) is 28.3 Å². The van der Waals surface area contributed by atoms with Gasteiger partial charge in [-0.1, -0.05) is 0 Å². The van der Waals surface area contributed by atoms with E-state index < -0.39 is 11.6 Å². The molecular weight excluding hydrogens is 296 g/mol. The van der Waals surface area contributed by atoms with Gasteiger partial charge >= 0.3 is 0 Å². The number of benzene rings is 1. The van der Waals surface area contributed by atoms with Crippen LogP contribution in [-0.2, 0) is 0 Å². The monoisotopic (exact) mass is 311 g/mol. The molecule has 21 heavy (non-hydrogen) atoms. The summed E-state index contributed by atoms with van der Waals surface area (Å²) in [5, 5.41) is 9.07. The van der Waals surface area contributed by atoms with Gasteiger partial charge in [-0.05, 0) is 30.9 Å². The lowest BCUT2D eigenvalue weighted by atomic mass is 10.0. The zero-order valence-corrected chi connectivity index (χ0v) is 12.5. The largest absolute Gasteiger partial charge is 0.351 e. The van der Waals surface area contributed by atoms with Crippen LogP contribution in [0, 0.1) is 18.6 Å². The number of halogens is 2. The molecule has 1 aromatic carbocycles. The number of hydrogen-bond donors (Lipinski definition) is 2. The van der Waals surface area contributed by atoms with Crippen LogP contribution in [-0.4, -0.2) is 34.7 Å². The molecule has 0 radical (unpaired) electrons. The fourth-order valence-corrected chi connectivity index (χ4v) is 2.28. The highest BCUT2D eigenvalue weighted by Crippen LogP contribution is 2.29. The molecule has 4 nitrogen and oxygen atoms in total. The first kappa shape index (κ1) is 15.5. The molecule has 1 aromatic heterocycles. The van der Waals surface area contributed by atoms with Gasteiger partial charge in [-0.25, -0.2) is 8.78 Å². The van der Waals surface area contributed by atoms with E-state index >= 15 is 0 Å². The maximum absolute atomic E-state index is 14.0. The Morgan fingerprint density at radius 3 is 2.81 bits per heavy atom. The standard InChI is InChI=1S/C14H15F2N3OS/c1-8-10(15)3-4-11(16)12(8)13-9(7-18-19-13)14(20)17-5-6-21-2/h3-4,7H,5-6H2,1-2H3,(H,17,20)(H,18,19). The molecule has 7 heteroatoms. The summed E-state index contributed by atoms with van der Waals surface area (Å²) in [4.78, 5) is 12.1. The minimum Gasteiger partial charge on any atom is -0.351 e. The van der Waals surface area contributed by atoms with Gasteiger partial charge in [0.25, 0.3) is 5.91 Å². The molecule has 0 atom stereocenters. The van der Waals surface area contributed by atoms with Gasteiger partial charge in [0.2, 0.25) is 0 Å². The van der Waals surface area contributed by atoms with Crippen LogP contribution < -0.4 is 5.32 Å². The third-order valence-corrected chi connectivity index (χ3v) is 3.69. The fraction of sp³-hybridized carbons (Fsp3) is 0.286. The van der Waals surface area contributed by atoms with Crippen molar-refractivity contribution < 1.29 is 13.6 Å². The molecule has 0 aliphatic heterocycles. The highest BCUT2D eigenvalue weighted by Gasteiger charge is 2.20. The van der Waals surface area contributed by atoms with Crippen LogP contribution in [0.5, 0.6) is 0 Å². The number of carbonyl (C=O) groups is 1. The number of hydrogen-bond acceptors (Lipinski definition) is 3. The quantitative estimate of drug-likeness (QED) is 0.835. The Bertz CT molecular complexity index is 658. The van der Waals surface area contributed by atoms with Crippen molar-refractivity contribution in [1.29, 1.82) is 0 Å². The number of thioether (sulfide) groups is 1. The van der Waals surface area contributed by atoms with E-state index in [1.807, 2.05) is 6.26 Å². The highest BCUT2D eigenvalue weighted by molar-refractivity contribution is 7.98. The van der Waals surface area contributed by atoms with Gasteiger partial charge in [0, 0.05) is 17.9 Å². The lowest BCUT2D eigenvalue weighted by Crippen LogP contribution is -2.25. The minimum atomic E-state index is -0.601. The molecule has 112 valence electrons. The third-order valence-electron chi connectivity index (χ3n) is 3.07. The Morgan fingerprint density at radius 2 is 2.10 bits per heavy atom. The first-order valence-corrected chi connectivity index (χ1v) is 7.71. The molecule has 0 fully saturated rings. The average Bonchev–Trinajstić information content (AvgIpc) is 2.93. The minimum absolute atomic E-state index is 0.0301. The number of amides is 1. The Morgan fingerprint density at radius 1 is 1.38 bits per heavy atom. The smallest absolute Gasteiger partial charge is 0.255 e. The van der Waals surface area contributed by atoms with Crippen LogP contribution in [0.25, 0.3) is 11.3 Å². The number of aromatic nitrogens is 2. The molecule has 0 spiro atoms. The molecule has 0 saturated carbocycles. The number of rotatable bonds is 5. The van der Waals surface area contributed by atoms with Gasteiger partial charge in [-0.15, -0.1) is 0 Å². The average molecular weight is 311 g/mol. The fourth-order valence-electron chi connectivity index (χ4n) is 1.97. The highest BCUT2D eigenvalue weighted by atomic mass is 32.2. The SMILES string of the molecule is CSCCNC(=O)c1cn[nH]c1-c1c(F)ccc(F)c1C. The second-order valence-electron chi connectivity index (χ2n) is 4.44. The number of carbonyl (C=O) groups excluding carboxylic acids is 1. The van der Waals surface area contributed by atoms with E-state index in [2.05, 4.69) is 15.5 Å². The molecule has 0 aliphatic carbocycles. The molecule has 0 saturated heterocycles. The van der Waals surface area contributed by atoms with Gasteiger partial charge in [0.15, 0.2) is 0 Å². The molecule has 2 N–H and O–H groups in total. The van der Waals surface area contributed by atoms with E-state index in [1.54, 1.807) is 11.8 Å². The van der Waals surface area contributed by atoms with Gasteiger partial charge in [0.05, 0.1) is 17.5 Å². The molecule has 2 aromatic rings. The van der Waals surface area contributed by atoms with Gasteiger partial charge < -0.3 is 5.32 Å². The zero-order chi connectivity index (χ0) is 15.4. The van der Waals surface area contributed by atoms with Crippen LogP contribution in [0.4, 0.5) is 8.78 Å². The summed E-state index contributed by atoms with van der Waals surface area (Å²) in [7, 11) is 0. The molecule has 0 aliphatic rings. The summed E-state index contributed by atoms with van der Waals surface area (Å²) in [6.07, 6.45) is 3.24.